The van der Waals surface area contributed by atoms with Crippen LogP contribution in [0.1, 0.15) is 26.2 Å². The van der Waals surface area contributed by atoms with Crippen molar-refractivity contribution in [1.82, 2.24) is 0 Å². The van der Waals surface area contributed by atoms with Crippen LogP contribution < -0.4 is 0 Å². The first-order valence-corrected chi connectivity index (χ1v) is 4.19. The van der Waals surface area contributed by atoms with E-state index in [1.54, 1.807) is 0 Å². The third kappa shape index (κ3) is 0.891. The van der Waals surface area contributed by atoms with E-state index in [-0.39, 0.29) is 5.92 Å². The lowest BCUT2D eigenvalue weighted by atomic mass is 9.85. The second-order valence-electron chi connectivity index (χ2n) is 3.36. The van der Waals surface area contributed by atoms with Gasteiger partial charge in [0, 0.05) is 5.57 Å². The van der Waals surface area contributed by atoms with E-state index in [0.717, 1.165) is 12.8 Å². The van der Waals surface area contributed by atoms with Crippen LogP contribution in [0, 0.1) is 5.92 Å². The Hall–Kier alpha value is -1.12. The molecule has 0 aromatic rings. The normalized spacial score (nSPS) is 28.9. The molecule has 64 valence electrons. The lowest BCUT2D eigenvalue weighted by Gasteiger charge is -2.16. The summed E-state index contributed by atoms with van der Waals surface area (Å²) in [5.74, 6) is -0.628. The minimum Gasteiger partial charge on any atom is -0.386 e. The maximum atomic E-state index is 11.1. The maximum Gasteiger partial charge on any atom is 0.342 e. The van der Waals surface area contributed by atoms with Gasteiger partial charge in [-0.1, -0.05) is 6.92 Å². The standard InChI is InChI=1S/C9H10O3/c1-5-3-2-4-6-7(5)9(11)12-8(6)10/h5H,2-4H2,1H3/t5-/m0/s1. The summed E-state index contributed by atoms with van der Waals surface area (Å²) in [4.78, 5) is 22.2. The highest BCUT2D eigenvalue weighted by Gasteiger charge is 2.37. The molecule has 0 amide bonds. The van der Waals surface area contributed by atoms with E-state index in [2.05, 4.69) is 4.74 Å². The Morgan fingerprint density at radius 3 is 2.75 bits per heavy atom. The fourth-order valence-corrected chi connectivity index (χ4v) is 1.90. The van der Waals surface area contributed by atoms with E-state index in [9.17, 15) is 9.59 Å². The van der Waals surface area contributed by atoms with Gasteiger partial charge in [0.05, 0.1) is 5.57 Å². The minimum atomic E-state index is -0.415. The zero-order valence-electron chi connectivity index (χ0n) is 6.92. The molecule has 0 saturated carbocycles. The van der Waals surface area contributed by atoms with Crippen molar-refractivity contribution >= 4 is 11.9 Å². The van der Waals surface area contributed by atoms with Crippen molar-refractivity contribution in [3.8, 4) is 0 Å². The fraction of sp³-hybridized carbons (Fsp3) is 0.556. The van der Waals surface area contributed by atoms with E-state index in [1.165, 1.54) is 0 Å². The van der Waals surface area contributed by atoms with Crippen LogP contribution in [0.2, 0.25) is 0 Å². The zero-order chi connectivity index (χ0) is 8.72. The third-order valence-electron chi connectivity index (χ3n) is 2.53. The van der Waals surface area contributed by atoms with Crippen LogP contribution in [0.15, 0.2) is 11.1 Å². The molecule has 3 nitrogen and oxygen atoms in total. The van der Waals surface area contributed by atoms with Crippen LogP contribution in [0.5, 0.6) is 0 Å². The van der Waals surface area contributed by atoms with Crippen molar-refractivity contribution in [3.63, 3.8) is 0 Å². The van der Waals surface area contributed by atoms with Gasteiger partial charge >= 0.3 is 11.9 Å². The van der Waals surface area contributed by atoms with E-state index < -0.39 is 11.9 Å². The molecule has 0 aromatic heterocycles. The number of ether oxygens (including phenoxy) is 1. The van der Waals surface area contributed by atoms with Crippen molar-refractivity contribution in [2.45, 2.75) is 26.2 Å². The van der Waals surface area contributed by atoms with Crippen molar-refractivity contribution in [2.24, 2.45) is 5.92 Å². The maximum absolute atomic E-state index is 11.1. The number of cyclic esters (lactones) is 2. The Labute approximate surface area is 70.4 Å². The molecule has 1 aliphatic heterocycles. The van der Waals surface area contributed by atoms with E-state index in [0.29, 0.717) is 17.6 Å². The summed E-state index contributed by atoms with van der Waals surface area (Å²) in [5, 5.41) is 0. The summed E-state index contributed by atoms with van der Waals surface area (Å²) < 4.78 is 4.53. The number of hydrogen-bond donors (Lipinski definition) is 0. The van der Waals surface area contributed by atoms with E-state index in [4.69, 9.17) is 0 Å². The number of carbonyl (C=O) groups excluding carboxylic acids is 2. The van der Waals surface area contributed by atoms with Gasteiger partial charge in [0.25, 0.3) is 0 Å². The van der Waals surface area contributed by atoms with Crippen LogP contribution in [-0.4, -0.2) is 11.9 Å². The van der Waals surface area contributed by atoms with Crippen LogP contribution in [-0.2, 0) is 14.3 Å². The fourth-order valence-electron chi connectivity index (χ4n) is 1.90. The van der Waals surface area contributed by atoms with Gasteiger partial charge in [0.1, 0.15) is 0 Å². The Bertz CT molecular complexity index is 288. The number of carbonyl (C=O) groups is 2. The average Bonchev–Trinajstić information content (AvgIpc) is 2.29. The Morgan fingerprint density at radius 1 is 1.33 bits per heavy atom. The number of hydrogen-bond acceptors (Lipinski definition) is 3. The molecule has 0 radical (unpaired) electrons. The quantitative estimate of drug-likeness (QED) is 0.401. The summed E-state index contributed by atoms with van der Waals surface area (Å²) in [6, 6.07) is 0. The monoisotopic (exact) mass is 166 g/mol. The molecule has 0 bridgehead atoms. The first-order chi connectivity index (χ1) is 5.70. The van der Waals surface area contributed by atoms with Crippen molar-refractivity contribution in [2.75, 3.05) is 0 Å². The highest BCUT2D eigenvalue weighted by atomic mass is 16.6. The largest absolute Gasteiger partial charge is 0.386 e. The van der Waals surface area contributed by atoms with Crippen molar-refractivity contribution < 1.29 is 14.3 Å². The van der Waals surface area contributed by atoms with E-state index >= 15 is 0 Å². The highest BCUT2D eigenvalue weighted by molar-refractivity contribution is 6.12. The molecule has 0 unspecified atom stereocenters. The summed E-state index contributed by atoms with van der Waals surface area (Å²) in [5.41, 5.74) is 1.25. The molecule has 1 atom stereocenters. The van der Waals surface area contributed by atoms with Crippen LogP contribution in [0.4, 0.5) is 0 Å². The predicted octanol–water partition coefficient (Wildman–Crippen LogP) is 1.19. The zero-order valence-corrected chi connectivity index (χ0v) is 6.92. The molecule has 2 rings (SSSR count). The molecule has 0 aromatic carbocycles. The van der Waals surface area contributed by atoms with Gasteiger partial charge < -0.3 is 4.74 Å². The third-order valence-corrected chi connectivity index (χ3v) is 2.53. The molecular weight excluding hydrogens is 156 g/mol. The van der Waals surface area contributed by atoms with E-state index in [1.807, 2.05) is 6.92 Å². The Morgan fingerprint density at radius 2 is 2.08 bits per heavy atom. The average molecular weight is 166 g/mol. The molecule has 2 aliphatic rings. The predicted molar refractivity (Wildman–Crippen MR) is 41.1 cm³/mol. The van der Waals surface area contributed by atoms with Crippen molar-refractivity contribution in [1.29, 1.82) is 0 Å². The van der Waals surface area contributed by atoms with Crippen LogP contribution in [0.25, 0.3) is 0 Å². The molecule has 0 saturated heterocycles. The van der Waals surface area contributed by atoms with Gasteiger partial charge in [-0.05, 0) is 25.2 Å². The Balaban J connectivity index is 2.44. The smallest absolute Gasteiger partial charge is 0.342 e. The summed E-state index contributed by atoms with van der Waals surface area (Å²) >= 11 is 0. The molecule has 0 spiro atoms. The molecule has 3 heteroatoms. The van der Waals surface area contributed by atoms with Gasteiger partial charge in [0.2, 0.25) is 0 Å². The second-order valence-corrected chi connectivity index (χ2v) is 3.36. The first-order valence-electron chi connectivity index (χ1n) is 4.19. The molecule has 1 aliphatic carbocycles. The summed E-state index contributed by atoms with van der Waals surface area (Å²) in [7, 11) is 0. The van der Waals surface area contributed by atoms with Crippen molar-refractivity contribution in [3.05, 3.63) is 11.1 Å². The SMILES string of the molecule is C[C@H]1CCCC2=C1C(=O)OC2=O. The molecule has 1 heterocycles. The Kier molecular flexibility index (Phi) is 1.53. The van der Waals surface area contributed by atoms with Gasteiger partial charge in [0.15, 0.2) is 0 Å². The molecular formula is C9H10O3. The van der Waals surface area contributed by atoms with Crippen LogP contribution in [0.3, 0.4) is 0 Å². The molecule has 0 fully saturated rings. The van der Waals surface area contributed by atoms with Gasteiger partial charge in [-0.15, -0.1) is 0 Å². The summed E-state index contributed by atoms with van der Waals surface area (Å²) in [6.07, 6.45) is 2.69. The van der Waals surface area contributed by atoms with Gasteiger partial charge in [-0.25, -0.2) is 9.59 Å². The van der Waals surface area contributed by atoms with Gasteiger partial charge in [-0.3, -0.25) is 0 Å². The van der Waals surface area contributed by atoms with Gasteiger partial charge in [-0.2, -0.15) is 0 Å². The molecule has 0 N–H and O–H groups in total. The lowest BCUT2D eigenvalue weighted by molar-refractivity contribution is -0.151. The highest BCUT2D eigenvalue weighted by Crippen LogP contribution is 2.35. The number of esters is 2. The van der Waals surface area contributed by atoms with Crippen LogP contribution >= 0.6 is 0 Å². The number of rotatable bonds is 0. The molecule has 12 heavy (non-hydrogen) atoms. The second kappa shape index (κ2) is 2.44. The summed E-state index contributed by atoms with van der Waals surface area (Å²) in [6.45, 7) is 1.97. The first kappa shape index (κ1) is 7.53. The topological polar surface area (TPSA) is 43.4 Å². The minimum absolute atomic E-state index is 0.202. The lowest BCUT2D eigenvalue weighted by Crippen LogP contribution is -2.11.